The molecule has 0 saturated heterocycles. The largest absolute Gasteiger partial charge is 0.497 e. The highest BCUT2D eigenvalue weighted by molar-refractivity contribution is 7.84. The molecule has 9 heteroatoms. The van der Waals surface area contributed by atoms with Crippen LogP contribution in [-0.2, 0) is 10.8 Å². The highest BCUT2D eigenvalue weighted by Crippen LogP contribution is 2.32. The van der Waals surface area contributed by atoms with Gasteiger partial charge < -0.3 is 25.4 Å². The summed E-state index contributed by atoms with van der Waals surface area (Å²) in [6.45, 7) is 2.00. The number of nitrogens with zero attached hydrogens (tertiary/aromatic N) is 1. The number of methoxy groups -OCH3 is 1. The van der Waals surface area contributed by atoms with Gasteiger partial charge in [0, 0.05) is 23.4 Å². The summed E-state index contributed by atoms with van der Waals surface area (Å²) in [6, 6.07) is 11.8. The minimum atomic E-state index is -1.28. The van der Waals surface area contributed by atoms with E-state index >= 15 is 0 Å². The molecule has 0 radical (unpaired) electrons. The molecule has 0 aromatic heterocycles. The van der Waals surface area contributed by atoms with Crippen molar-refractivity contribution in [3.8, 4) is 23.3 Å². The lowest BCUT2D eigenvalue weighted by atomic mass is 9.83. The normalized spacial score (nSPS) is 23.7. The molecule has 5 atom stereocenters. The first-order valence-electron chi connectivity index (χ1n) is 9.66. The number of nitrogens with two attached hydrogens (primary N) is 1. The summed E-state index contributed by atoms with van der Waals surface area (Å²) in [4.78, 5) is 0.452. The van der Waals surface area contributed by atoms with Crippen molar-refractivity contribution in [1.82, 2.24) is 0 Å². The van der Waals surface area contributed by atoms with Crippen LogP contribution in [0.25, 0.3) is 0 Å². The Balaban J connectivity index is 0.000000285. The molecule has 2 aromatic rings. The van der Waals surface area contributed by atoms with Crippen molar-refractivity contribution in [2.24, 2.45) is 11.7 Å². The van der Waals surface area contributed by atoms with Crippen LogP contribution in [0.5, 0.6) is 17.2 Å². The first-order valence-corrected chi connectivity index (χ1v) is 11.6. The Labute approximate surface area is 189 Å². The van der Waals surface area contributed by atoms with Gasteiger partial charge in [0.2, 0.25) is 0 Å². The molecule has 1 fully saturated rings. The first-order chi connectivity index (χ1) is 14.6. The topological polar surface area (TPSA) is 126 Å². The van der Waals surface area contributed by atoms with E-state index in [9.17, 15) is 4.21 Å². The summed E-state index contributed by atoms with van der Waals surface area (Å²) < 4.78 is 22.6. The van der Waals surface area contributed by atoms with Crippen molar-refractivity contribution in [2.75, 3.05) is 13.4 Å². The van der Waals surface area contributed by atoms with E-state index in [0.717, 1.165) is 0 Å². The fourth-order valence-corrected chi connectivity index (χ4v) is 4.01. The van der Waals surface area contributed by atoms with Crippen LogP contribution in [0.2, 0.25) is 5.02 Å². The summed E-state index contributed by atoms with van der Waals surface area (Å²) in [6.07, 6.45) is 1.52. The molecule has 31 heavy (non-hydrogen) atoms. The van der Waals surface area contributed by atoms with Gasteiger partial charge in [0.15, 0.2) is 0 Å². The smallest absolute Gasteiger partial charge is 0.143 e. The third-order valence-electron chi connectivity index (χ3n) is 4.99. The van der Waals surface area contributed by atoms with Crippen LogP contribution in [0.1, 0.15) is 25.3 Å². The molecule has 1 aliphatic carbocycles. The van der Waals surface area contributed by atoms with Gasteiger partial charge >= 0.3 is 0 Å². The Morgan fingerprint density at radius 1 is 1.16 bits per heavy atom. The van der Waals surface area contributed by atoms with Crippen LogP contribution in [0.3, 0.4) is 0 Å². The van der Waals surface area contributed by atoms with Crippen molar-refractivity contribution in [3.63, 3.8) is 0 Å². The number of rotatable bonds is 4. The second kappa shape index (κ2) is 11.5. The van der Waals surface area contributed by atoms with Crippen molar-refractivity contribution in [2.45, 2.75) is 42.9 Å². The highest BCUT2D eigenvalue weighted by Gasteiger charge is 2.30. The molecule has 168 valence electrons. The van der Waals surface area contributed by atoms with Gasteiger partial charge in [0.25, 0.3) is 0 Å². The lowest BCUT2D eigenvalue weighted by molar-refractivity contribution is -0.0295. The lowest BCUT2D eigenvalue weighted by Gasteiger charge is -2.32. The fraction of sp³-hybridized carbons (Fsp3) is 0.409. The van der Waals surface area contributed by atoms with Gasteiger partial charge in [-0.05, 0) is 49.1 Å². The van der Waals surface area contributed by atoms with E-state index in [0.29, 0.717) is 51.5 Å². The molecular weight excluding hydrogens is 440 g/mol. The number of halogens is 1. The number of hydrogen-bond acceptors (Lipinski definition) is 7. The molecule has 1 aliphatic rings. The standard InChI is InChI=1S/C15H12ClNO3S.C7H15NO2/c1-19-12-6-11(16)7-13(8-12)20-14-4-3-10(9-17)5-15(14)21(2)18;1-4-2-6(9)7(10)3-5(4)8/h3-8H,1-2H3;4-7,9-10H,2-3,8H2,1H3/t;4?,5?,6?,7-/m.0/s1. The summed E-state index contributed by atoms with van der Waals surface area (Å²) in [5, 5.41) is 27.7. The predicted octanol–water partition coefficient (Wildman–Crippen LogP) is 3.22. The monoisotopic (exact) mass is 466 g/mol. The van der Waals surface area contributed by atoms with Crippen LogP contribution >= 0.6 is 11.6 Å². The third-order valence-corrected chi connectivity index (χ3v) is 6.15. The van der Waals surface area contributed by atoms with Crippen molar-refractivity contribution < 1.29 is 23.9 Å². The van der Waals surface area contributed by atoms with Gasteiger partial charge in [-0.1, -0.05) is 18.5 Å². The number of aliphatic hydroxyl groups excluding tert-OH is 2. The van der Waals surface area contributed by atoms with E-state index in [2.05, 4.69) is 0 Å². The molecule has 3 rings (SSSR count). The molecule has 0 bridgehead atoms. The number of benzene rings is 2. The van der Waals surface area contributed by atoms with E-state index in [-0.39, 0.29) is 6.04 Å². The zero-order valence-electron chi connectivity index (χ0n) is 17.6. The Kier molecular flexibility index (Phi) is 9.29. The molecule has 7 nitrogen and oxygen atoms in total. The van der Waals surface area contributed by atoms with E-state index in [4.69, 9.17) is 42.3 Å². The second-order valence-electron chi connectivity index (χ2n) is 7.40. The maximum Gasteiger partial charge on any atom is 0.143 e. The van der Waals surface area contributed by atoms with Crippen LogP contribution < -0.4 is 15.2 Å². The van der Waals surface area contributed by atoms with Gasteiger partial charge in [-0.25, -0.2) is 0 Å². The van der Waals surface area contributed by atoms with Gasteiger partial charge in [-0.2, -0.15) is 5.26 Å². The Bertz CT molecular complexity index is 939. The van der Waals surface area contributed by atoms with Crippen LogP contribution in [0, 0.1) is 17.2 Å². The van der Waals surface area contributed by atoms with Gasteiger partial charge in [-0.3, -0.25) is 4.21 Å². The molecule has 0 heterocycles. The minimum Gasteiger partial charge on any atom is -0.497 e. The summed E-state index contributed by atoms with van der Waals surface area (Å²) >= 11 is 5.98. The van der Waals surface area contributed by atoms with Crippen molar-refractivity contribution in [3.05, 3.63) is 47.0 Å². The number of hydrogen-bond donors (Lipinski definition) is 3. The second-order valence-corrected chi connectivity index (χ2v) is 9.19. The fourth-order valence-electron chi connectivity index (χ4n) is 3.11. The predicted molar refractivity (Wildman–Crippen MR) is 120 cm³/mol. The van der Waals surface area contributed by atoms with Crippen LogP contribution in [0.15, 0.2) is 41.3 Å². The average molecular weight is 467 g/mol. The molecule has 0 spiro atoms. The van der Waals surface area contributed by atoms with Crippen LogP contribution in [0.4, 0.5) is 0 Å². The maximum atomic E-state index is 11.8. The minimum absolute atomic E-state index is 0.0541. The van der Waals surface area contributed by atoms with E-state index in [1.165, 1.54) is 13.4 Å². The Hall–Kier alpha value is -2.15. The lowest BCUT2D eigenvalue weighted by Crippen LogP contribution is -2.44. The van der Waals surface area contributed by atoms with Crippen molar-refractivity contribution >= 4 is 22.4 Å². The maximum absolute atomic E-state index is 11.8. The molecular formula is C22H27ClN2O5S. The molecule has 4 unspecified atom stereocenters. The quantitative estimate of drug-likeness (QED) is 0.631. The summed E-state index contributed by atoms with van der Waals surface area (Å²) in [5.41, 5.74) is 6.09. The Morgan fingerprint density at radius 2 is 1.81 bits per heavy atom. The molecule has 0 aliphatic heterocycles. The first kappa shape index (κ1) is 25.1. The highest BCUT2D eigenvalue weighted by atomic mass is 35.5. The van der Waals surface area contributed by atoms with Crippen molar-refractivity contribution in [1.29, 1.82) is 5.26 Å². The summed E-state index contributed by atoms with van der Waals surface area (Å²) in [5.74, 6) is 1.78. The third kappa shape index (κ3) is 7.20. The molecule has 4 N–H and O–H groups in total. The SMILES string of the molecule is CC1CC(O)[C@@H](O)CC1N.COc1cc(Cl)cc(Oc2ccc(C#N)cc2S(C)=O)c1. The Morgan fingerprint density at radius 3 is 2.39 bits per heavy atom. The van der Waals surface area contributed by atoms with E-state index < -0.39 is 23.0 Å². The van der Waals surface area contributed by atoms with Gasteiger partial charge in [0.05, 0.1) is 46.6 Å². The number of aliphatic hydroxyl groups is 2. The average Bonchev–Trinajstić information content (AvgIpc) is 2.72. The number of ether oxygens (including phenoxy) is 2. The zero-order valence-corrected chi connectivity index (χ0v) is 19.2. The van der Waals surface area contributed by atoms with Gasteiger partial charge in [0.1, 0.15) is 17.2 Å². The van der Waals surface area contributed by atoms with E-state index in [1.807, 2.05) is 13.0 Å². The number of nitriles is 1. The van der Waals surface area contributed by atoms with Gasteiger partial charge in [-0.15, -0.1) is 0 Å². The molecule has 0 amide bonds. The van der Waals surface area contributed by atoms with Crippen LogP contribution in [-0.4, -0.2) is 46.0 Å². The molecule has 1 saturated carbocycles. The summed E-state index contributed by atoms with van der Waals surface area (Å²) in [7, 11) is 0.253. The molecule has 2 aromatic carbocycles. The zero-order chi connectivity index (χ0) is 23.1. The van der Waals surface area contributed by atoms with E-state index in [1.54, 1.807) is 36.4 Å².